The van der Waals surface area contributed by atoms with Gasteiger partial charge in [-0.05, 0) is 73.9 Å². The fourth-order valence-corrected chi connectivity index (χ4v) is 11.0. The number of aromatic nitrogens is 12. The Morgan fingerprint density at radius 3 is 1.46 bits per heavy atom. The molecule has 8 N–H and O–H groups in total. The molecule has 10 rings (SSSR count). The molecule has 2 aromatic carbocycles. The lowest BCUT2D eigenvalue weighted by Crippen LogP contribution is -2.58. The standard InChI is InChI=1S/C24H36ClN9OSi.C21H28ClN9O.2C2H4O2/c1-36(2,3)22-15-33(31-28-22)13-21-14-34(20(16-35-21)12-17-4-6-18(25)7-5-17)19-8-10-32(11-9-19)24-27-23(26)29-30-24;22-16-3-1-15(2-4-16)11-18-14-32-19(12-30-10-7-24-28-30)13-31(18)17-5-8-29(9-6-17)21-25-20(23)26-27-21;2*1-2(3)4/h4-7,15,19-21H,8-14,16H2,1-3H3,(H3,26,27,29,30);1-4,7,10,17-19H,5-6,8-9,11-14H2,(H3,23,25,26,27);2*1H3,(H,3,4)/t20-,21-;18-,19-;;/m00../s1. The minimum absolute atomic E-state index is 0.0773. The van der Waals surface area contributed by atoms with Crippen LogP contribution in [0.2, 0.25) is 29.7 Å². The number of nitrogen functional groups attached to an aromatic ring is 2. The van der Waals surface area contributed by atoms with Crippen LogP contribution in [0.15, 0.2) is 67.1 Å². The van der Waals surface area contributed by atoms with E-state index in [0.717, 1.165) is 114 Å². The number of nitrogens with two attached hydrogens (primary N) is 2. The summed E-state index contributed by atoms with van der Waals surface area (Å²) in [6.45, 7) is 17.2. The Morgan fingerprint density at radius 2 is 1.11 bits per heavy atom. The number of carboxylic acids is 2. The Balaban J connectivity index is 0.000000195. The number of benzene rings is 2. The van der Waals surface area contributed by atoms with E-state index in [9.17, 15) is 0 Å². The van der Waals surface area contributed by atoms with E-state index in [1.54, 1.807) is 6.20 Å². The number of carbonyl (C=O) groups is 2. The maximum atomic E-state index is 9.00. The molecule has 0 spiro atoms. The highest BCUT2D eigenvalue weighted by Gasteiger charge is 2.38. The highest BCUT2D eigenvalue weighted by atomic mass is 35.5. The van der Waals surface area contributed by atoms with Crippen molar-refractivity contribution in [1.29, 1.82) is 0 Å². The van der Waals surface area contributed by atoms with Crippen LogP contribution in [0.4, 0.5) is 23.8 Å². The van der Waals surface area contributed by atoms with Gasteiger partial charge in [-0.2, -0.15) is 9.97 Å². The van der Waals surface area contributed by atoms with E-state index >= 15 is 0 Å². The predicted octanol–water partition coefficient (Wildman–Crippen LogP) is 3.95. The number of aromatic amines is 2. The minimum atomic E-state index is -1.49. The average Bonchev–Trinajstić information content (AvgIpc) is 4.25. The maximum absolute atomic E-state index is 9.00. The van der Waals surface area contributed by atoms with E-state index in [2.05, 4.69) is 121 Å². The van der Waals surface area contributed by atoms with Crippen LogP contribution in [0.1, 0.15) is 50.7 Å². The summed E-state index contributed by atoms with van der Waals surface area (Å²) in [5.41, 5.74) is 14.0. The molecule has 0 amide bonds. The summed E-state index contributed by atoms with van der Waals surface area (Å²) in [5, 5.41) is 48.3. The van der Waals surface area contributed by atoms with Crippen molar-refractivity contribution in [2.45, 2.75) is 121 Å². The lowest BCUT2D eigenvalue weighted by Gasteiger charge is -2.46. The lowest BCUT2D eigenvalue weighted by atomic mass is 9.96. The second kappa shape index (κ2) is 27.2. The van der Waals surface area contributed by atoms with Gasteiger partial charge in [0.1, 0.15) is 8.07 Å². The van der Waals surface area contributed by atoms with Crippen LogP contribution in [0.25, 0.3) is 0 Å². The number of piperidine rings is 2. The second-order valence-corrected chi connectivity index (χ2v) is 26.4. The van der Waals surface area contributed by atoms with Crippen molar-refractivity contribution in [3.8, 4) is 0 Å². The molecular weight excluding hydrogens is 1040 g/mol. The molecule has 4 atom stereocenters. The third-order valence-electron chi connectivity index (χ3n) is 13.6. The van der Waals surface area contributed by atoms with Gasteiger partial charge in [-0.1, -0.05) is 77.5 Å². The Hall–Kier alpha value is -6.22. The SMILES string of the molecule is CC(=O)O.CC(=O)O.C[Si](C)(C)c1cn(C[C@H]2CN(C3CCN(c4n[nH]c(N)n4)CC3)[C@@H](Cc3ccc(Cl)cc3)CO2)nn1.Nc1nc(N2CCC(N3C[C@H](Cn4ccnn4)OC[C@@H]3Cc3ccc(Cl)cc3)CC2)n[nH]1. The molecule has 0 radical (unpaired) electrons. The quantitative estimate of drug-likeness (QED) is 0.0892. The number of H-pyrrole nitrogens is 2. The first kappa shape index (κ1) is 57.5. The Labute approximate surface area is 453 Å². The third kappa shape index (κ3) is 17.4. The largest absolute Gasteiger partial charge is 0.481 e. The van der Waals surface area contributed by atoms with Crippen LogP contribution in [-0.4, -0.2) is 189 Å². The van der Waals surface area contributed by atoms with Crippen LogP contribution < -0.4 is 26.6 Å². The molecule has 4 fully saturated rings. The van der Waals surface area contributed by atoms with Crippen molar-refractivity contribution in [2.24, 2.45) is 0 Å². The molecule has 4 aromatic heterocycles. The van der Waals surface area contributed by atoms with E-state index in [-0.39, 0.29) is 12.2 Å². The van der Waals surface area contributed by atoms with Gasteiger partial charge in [0.15, 0.2) is 0 Å². The zero-order valence-electron chi connectivity index (χ0n) is 43.8. The number of aliphatic carboxylic acids is 2. The molecule has 412 valence electrons. The summed E-state index contributed by atoms with van der Waals surface area (Å²) in [6.07, 6.45) is 11.9. The van der Waals surface area contributed by atoms with Crippen LogP contribution in [0.5, 0.6) is 0 Å². The van der Waals surface area contributed by atoms with Crippen molar-refractivity contribution in [1.82, 2.24) is 70.2 Å². The molecule has 0 bridgehead atoms. The van der Waals surface area contributed by atoms with Crippen molar-refractivity contribution >= 4 is 72.3 Å². The fourth-order valence-electron chi connectivity index (χ4n) is 9.90. The van der Waals surface area contributed by atoms with Gasteiger partial charge in [-0.25, -0.2) is 14.9 Å². The number of carboxylic acid groups (broad SMARTS) is 2. The highest BCUT2D eigenvalue weighted by Crippen LogP contribution is 2.29. The molecule has 4 saturated heterocycles. The molecule has 24 nitrogen and oxygen atoms in total. The first-order valence-electron chi connectivity index (χ1n) is 25.6. The molecule has 0 saturated carbocycles. The first-order chi connectivity index (χ1) is 36.3. The second-order valence-electron chi connectivity index (χ2n) is 20.5. The van der Waals surface area contributed by atoms with Crippen LogP contribution in [-0.2, 0) is 45.0 Å². The summed E-state index contributed by atoms with van der Waals surface area (Å²) in [6, 6.07) is 17.9. The summed E-state index contributed by atoms with van der Waals surface area (Å²) < 4.78 is 16.5. The van der Waals surface area contributed by atoms with Crippen molar-refractivity contribution < 1.29 is 29.3 Å². The first-order valence-corrected chi connectivity index (χ1v) is 29.8. The van der Waals surface area contributed by atoms with Crippen LogP contribution in [0.3, 0.4) is 0 Å². The van der Waals surface area contributed by atoms with Gasteiger partial charge < -0.3 is 41.0 Å². The molecule has 0 unspecified atom stereocenters. The number of hydrogen-bond donors (Lipinski definition) is 6. The van der Waals surface area contributed by atoms with Crippen LogP contribution >= 0.6 is 23.2 Å². The third-order valence-corrected chi connectivity index (χ3v) is 15.8. The number of hydrogen-bond acceptors (Lipinski definition) is 18. The van der Waals surface area contributed by atoms with Gasteiger partial charge in [0.25, 0.3) is 11.9 Å². The zero-order valence-corrected chi connectivity index (χ0v) is 46.3. The molecule has 8 heterocycles. The summed E-state index contributed by atoms with van der Waals surface area (Å²) in [4.78, 5) is 36.3. The average molecular weight is 1110 g/mol. The van der Waals surface area contributed by atoms with E-state index in [1.807, 2.05) is 39.8 Å². The monoisotopic (exact) mass is 1110 g/mol. The maximum Gasteiger partial charge on any atom is 0.300 e. The Kier molecular flexibility index (Phi) is 20.6. The molecule has 76 heavy (non-hydrogen) atoms. The highest BCUT2D eigenvalue weighted by molar-refractivity contribution is 6.88. The van der Waals surface area contributed by atoms with Crippen molar-refractivity contribution in [3.63, 3.8) is 0 Å². The Morgan fingerprint density at radius 1 is 0.684 bits per heavy atom. The van der Waals surface area contributed by atoms with Crippen molar-refractivity contribution in [3.05, 3.63) is 88.3 Å². The van der Waals surface area contributed by atoms with Crippen molar-refractivity contribution in [2.75, 3.05) is 73.7 Å². The molecule has 4 aliphatic heterocycles. The fraction of sp³-hybridized carbons (Fsp3) is 0.551. The summed E-state index contributed by atoms with van der Waals surface area (Å²) in [7, 11) is -1.49. The van der Waals surface area contributed by atoms with E-state index in [4.69, 9.17) is 63.9 Å². The summed E-state index contributed by atoms with van der Waals surface area (Å²) in [5.74, 6) is 0.420. The van der Waals surface area contributed by atoms with E-state index in [1.165, 1.54) is 11.1 Å². The number of nitrogens with one attached hydrogen (secondary N) is 2. The zero-order chi connectivity index (χ0) is 54.4. The van der Waals surface area contributed by atoms with Gasteiger partial charge in [0, 0.05) is 99.7 Å². The molecular formula is C49H72Cl2N18O6Si. The summed E-state index contributed by atoms with van der Waals surface area (Å²) >= 11 is 12.2. The van der Waals surface area contributed by atoms with Gasteiger partial charge >= 0.3 is 0 Å². The molecule has 0 aliphatic carbocycles. The molecule has 6 aromatic rings. The number of anilines is 4. The number of ether oxygens (including phenoxy) is 2. The minimum Gasteiger partial charge on any atom is -0.481 e. The number of nitrogens with zero attached hydrogens (tertiary/aromatic N) is 14. The van der Waals surface area contributed by atoms with Crippen LogP contribution in [0, 0.1) is 0 Å². The topological polar surface area (TPSA) is 303 Å². The predicted molar refractivity (Wildman–Crippen MR) is 292 cm³/mol. The lowest BCUT2D eigenvalue weighted by molar-refractivity contribution is -0.135. The smallest absolute Gasteiger partial charge is 0.300 e. The molecule has 4 aliphatic rings. The number of morpholine rings is 2. The Bertz CT molecular complexity index is 2670. The normalized spacial score (nSPS) is 20.9. The number of halogens is 2. The van der Waals surface area contributed by atoms with E-state index in [0.29, 0.717) is 67.7 Å². The number of rotatable bonds is 13. The van der Waals surface area contributed by atoms with E-state index < -0.39 is 20.0 Å². The van der Waals surface area contributed by atoms with Gasteiger partial charge in [-0.15, -0.1) is 20.4 Å². The molecule has 27 heteroatoms. The van der Waals surface area contributed by atoms with Gasteiger partial charge in [0.2, 0.25) is 23.8 Å². The van der Waals surface area contributed by atoms with Gasteiger partial charge in [0.05, 0.1) is 50.0 Å². The van der Waals surface area contributed by atoms with Gasteiger partial charge in [-0.3, -0.25) is 24.1 Å².